The summed E-state index contributed by atoms with van der Waals surface area (Å²) in [7, 11) is 0. The molecule has 2 aromatic heterocycles. The maximum Gasteiger partial charge on any atom is 0.422 e. The largest absolute Gasteiger partial charge is 0.468 e. The van der Waals surface area contributed by atoms with Crippen molar-refractivity contribution in [3.05, 3.63) is 42.0 Å². The van der Waals surface area contributed by atoms with Crippen LogP contribution in [0.2, 0.25) is 0 Å². The normalized spacial score (nSPS) is 10.8. The summed E-state index contributed by atoms with van der Waals surface area (Å²) in [5.41, 5.74) is 0.610. The lowest BCUT2D eigenvalue weighted by atomic mass is 10.2. The van der Waals surface area contributed by atoms with Gasteiger partial charge in [0.15, 0.2) is 12.3 Å². The predicted molar refractivity (Wildman–Crippen MR) is 69.9 cm³/mol. The van der Waals surface area contributed by atoms with Gasteiger partial charge in [-0.15, -0.1) is 0 Å². The van der Waals surface area contributed by atoms with Crippen LogP contribution in [0.3, 0.4) is 0 Å². The third-order valence-corrected chi connectivity index (χ3v) is 2.45. The lowest BCUT2D eigenvalue weighted by Gasteiger charge is -2.12. The average Bonchev–Trinajstić information content (AvgIpc) is 2.51. The molecule has 0 amide bonds. The lowest BCUT2D eigenvalue weighted by Crippen LogP contribution is -2.20. The summed E-state index contributed by atoms with van der Waals surface area (Å²) in [6.45, 7) is -1.25. The van der Waals surface area contributed by atoms with Crippen LogP contribution in [0, 0.1) is 11.3 Å². The van der Waals surface area contributed by atoms with Crippen molar-refractivity contribution < 1.29 is 17.9 Å². The fraction of sp³-hybridized carbons (Fsp3) is 0.231. The second-order valence-corrected chi connectivity index (χ2v) is 4.12. The molecular formula is C13H10F3N5O. The minimum absolute atomic E-state index is 0.103. The van der Waals surface area contributed by atoms with Crippen LogP contribution in [0.4, 0.5) is 19.0 Å². The molecule has 0 spiro atoms. The molecule has 0 saturated carbocycles. The first-order valence-electron chi connectivity index (χ1n) is 6.07. The number of aromatic nitrogens is 3. The van der Waals surface area contributed by atoms with Gasteiger partial charge in [0.25, 0.3) is 0 Å². The van der Waals surface area contributed by atoms with Crippen molar-refractivity contribution >= 4 is 5.82 Å². The fourth-order valence-electron chi connectivity index (χ4n) is 1.50. The third-order valence-electron chi connectivity index (χ3n) is 2.45. The molecule has 0 saturated heterocycles. The van der Waals surface area contributed by atoms with Crippen LogP contribution in [-0.4, -0.2) is 27.7 Å². The van der Waals surface area contributed by atoms with E-state index in [1.54, 1.807) is 12.1 Å². The molecular weight excluding hydrogens is 299 g/mol. The summed E-state index contributed by atoms with van der Waals surface area (Å²) in [6.07, 6.45) is -0.449. The van der Waals surface area contributed by atoms with Crippen molar-refractivity contribution in [1.82, 2.24) is 15.0 Å². The van der Waals surface area contributed by atoms with Crippen molar-refractivity contribution in [2.45, 2.75) is 12.7 Å². The van der Waals surface area contributed by atoms with Crippen LogP contribution in [0.15, 0.2) is 30.7 Å². The maximum atomic E-state index is 12.2. The molecule has 0 fully saturated rings. The summed E-state index contributed by atoms with van der Waals surface area (Å²) in [4.78, 5) is 11.5. The van der Waals surface area contributed by atoms with Crippen molar-refractivity contribution in [3.63, 3.8) is 0 Å². The van der Waals surface area contributed by atoms with Gasteiger partial charge in [-0.25, -0.2) is 15.0 Å². The molecule has 0 aromatic carbocycles. The van der Waals surface area contributed by atoms with E-state index in [1.165, 1.54) is 18.6 Å². The number of rotatable bonds is 5. The highest BCUT2D eigenvalue weighted by Gasteiger charge is 2.29. The number of ether oxygens (including phenoxy) is 1. The molecule has 2 rings (SSSR count). The van der Waals surface area contributed by atoms with E-state index >= 15 is 0 Å². The molecule has 6 nitrogen and oxygen atoms in total. The highest BCUT2D eigenvalue weighted by molar-refractivity contribution is 5.36. The third kappa shape index (κ3) is 4.59. The van der Waals surface area contributed by atoms with Crippen molar-refractivity contribution in [1.29, 1.82) is 5.26 Å². The first-order chi connectivity index (χ1) is 10.5. The van der Waals surface area contributed by atoms with E-state index in [1.807, 2.05) is 6.07 Å². The topological polar surface area (TPSA) is 83.7 Å². The van der Waals surface area contributed by atoms with E-state index in [2.05, 4.69) is 25.0 Å². The number of anilines is 1. The van der Waals surface area contributed by atoms with E-state index in [0.717, 1.165) is 0 Å². The number of alkyl halides is 3. The molecule has 0 unspecified atom stereocenters. The zero-order chi connectivity index (χ0) is 16.0. The van der Waals surface area contributed by atoms with Crippen LogP contribution in [0.5, 0.6) is 5.88 Å². The standard InChI is InChI=1S/C13H10F3N5O/c14-13(15,16)8-22-12-9(2-1-3-18-12)5-20-11-7-19-10(4-17)6-21-11/h1-3,6-7H,5,8H2,(H,20,21). The Morgan fingerprint density at radius 3 is 2.68 bits per heavy atom. The Morgan fingerprint density at radius 2 is 2.05 bits per heavy atom. The van der Waals surface area contributed by atoms with Gasteiger partial charge in [0.05, 0.1) is 12.4 Å². The first-order valence-corrected chi connectivity index (χ1v) is 6.07. The molecule has 0 atom stereocenters. The Kier molecular flexibility index (Phi) is 4.73. The average molecular weight is 309 g/mol. The van der Waals surface area contributed by atoms with Gasteiger partial charge in [-0.05, 0) is 6.07 Å². The monoisotopic (exact) mass is 309 g/mol. The summed E-state index contributed by atoms with van der Waals surface area (Å²) in [5.74, 6) is 0.276. The molecule has 0 aliphatic heterocycles. The Morgan fingerprint density at radius 1 is 1.23 bits per heavy atom. The Bertz CT molecular complexity index is 667. The van der Waals surface area contributed by atoms with Crippen LogP contribution in [0.1, 0.15) is 11.3 Å². The number of pyridine rings is 1. The van der Waals surface area contributed by atoms with E-state index in [9.17, 15) is 13.2 Å². The molecule has 0 radical (unpaired) electrons. The summed E-state index contributed by atoms with van der Waals surface area (Å²) in [6, 6.07) is 5.00. The Balaban J connectivity index is 2.01. The number of nitriles is 1. The zero-order valence-corrected chi connectivity index (χ0v) is 11.1. The number of hydrogen-bond acceptors (Lipinski definition) is 6. The Labute approximate surface area is 123 Å². The fourth-order valence-corrected chi connectivity index (χ4v) is 1.50. The van der Waals surface area contributed by atoms with Gasteiger partial charge in [0, 0.05) is 18.3 Å². The van der Waals surface area contributed by atoms with Crippen molar-refractivity contribution in [2.24, 2.45) is 0 Å². The predicted octanol–water partition coefficient (Wildman–Crippen LogP) is 2.30. The second-order valence-electron chi connectivity index (χ2n) is 4.12. The van der Waals surface area contributed by atoms with Crippen molar-refractivity contribution in [2.75, 3.05) is 11.9 Å². The van der Waals surface area contributed by atoms with Crippen LogP contribution in [0.25, 0.3) is 0 Å². The van der Waals surface area contributed by atoms with E-state index in [0.29, 0.717) is 11.4 Å². The zero-order valence-electron chi connectivity index (χ0n) is 11.1. The summed E-state index contributed by atoms with van der Waals surface area (Å²) in [5, 5.41) is 11.5. The van der Waals surface area contributed by atoms with E-state index in [-0.39, 0.29) is 18.1 Å². The molecule has 2 heterocycles. The summed E-state index contributed by atoms with van der Waals surface area (Å²) >= 11 is 0. The smallest absolute Gasteiger partial charge is 0.422 e. The molecule has 1 N–H and O–H groups in total. The molecule has 22 heavy (non-hydrogen) atoms. The number of halogens is 3. The van der Waals surface area contributed by atoms with E-state index in [4.69, 9.17) is 5.26 Å². The SMILES string of the molecule is N#Cc1cnc(NCc2cccnc2OCC(F)(F)F)cn1. The van der Waals surface area contributed by atoms with Crippen LogP contribution in [-0.2, 0) is 6.54 Å². The number of hydrogen-bond donors (Lipinski definition) is 1. The van der Waals surface area contributed by atoms with Crippen LogP contribution >= 0.6 is 0 Å². The molecule has 0 aliphatic rings. The second kappa shape index (κ2) is 6.71. The molecule has 9 heteroatoms. The van der Waals surface area contributed by atoms with Crippen LogP contribution < -0.4 is 10.1 Å². The highest BCUT2D eigenvalue weighted by atomic mass is 19.4. The maximum absolute atomic E-state index is 12.2. The molecule has 0 bridgehead atoms. The minimum Gasteiger partial charge on any atom is -0.468 e. The van der Waals surface area contributed by atoms with Gasteiger partial charge < -0.3 is 10.1 Å². The van der Waals surface area contributed by atoms with Gasteiger partial charge in [0.2, 0.25) is 5.88 Å². The lowest BCUT2D eigenvalue weighted by molar-refractivity contribution is -0.154. The number of nitrogens with one attached hydrogen (secondary N) is 1. The first kappa shape index (κ1) is 15.5. The van der Waals surface area contributed by atoms with Gasteiger partial charge >= 0.3 is 6.18 Å². The Hall–Kier alpha value is -2.89. The van der Waals surface area contributed by atoms with Gasteiger partial charge in [-0.1, -0.05) is 6.07 Å². The van der Waals surface area contributed by atoms with Crippen molar-refractivity contribution in [3.8, 4) is 11.9 Å². The van der Waals surface area contributed by atoms with Gasteiger partial charge in [-0.3, -0.25) is 0 Å². The minimum atomic E-state index is -4.43. The highest BCUT2D eigenvalue weighted by Crippen LogP contribution is 2.20. The molecule has 2 aromatic rings. The molecule has 0 aliphatic carbocycles. The van der Waals surface area contributed by atoms with E-state index < -0.39 is 12.8 Å². The number of nitrogens with zero attached hydrogens (tertiary/aromatic N) is 4. The summed E-state index contributed by atoms with van der Waals surface area (Å²) < 4.78 is 41.2. The quantitative estimate of drug-likeness (QED) is 0.912. The van der Waals surface area contributed by atoms with Gasteiger partial charge in [0.1, 0.15) is 11.9 Å². The molecule has 114 valence electrons. The van der Waals surface area contributed by atoms with Gasteiger partial charge in [-0.2, -0.15) is 18.4 Å².